The maximum absolute atomic E-state index is 12.3. The quantitative estimate of drug-likeness (QED) is 0.711. The molecule has 0 saturated carbocycles. The van der Waals surface area contributed by atoms with Crippen molar-refractivity contribution in [2.75, 3.05) is 6.54 Å². The number of aryl methyl sites for hydroxylation is 2. The van der Waals surface area contributed by atoms with Crippen LogP contribution >= 0.6 is 0 Å². The first kappa shape index (κ1) is 14.9. The van der Waals surface area contributed by atoms with Crippen LogP contribution in [0, 0.1) is 13.8 Å². The van der Waals surface area contributed by atoms with Gasteiger partial charge in [0.25, 0.3) is 0 Å². The highest BCUT2D eigenvalue weighted by molar-refractivity contribution is 5.69. The second kappa shape index (κ2) is 5.12. The van der Waals surface area contributed by atoms with E-state index in [0.29, 0.717) is 0 Å². The highest BCUT2D eigenvalue weighted by Gasteiger charge is 2.31. The zero-order valence-corrected chi connectivity index (χ0v) is 13.4. The minimum absolute atomic E-state index is 0.0768. The van der Waals surface area contributed by atoms with Gasteiger partial charge in [-0.05, 0) is 70.2 Å². The van der Waals surface area contributed by atoms with Crippen LogP contribution in [0.15, 0.2) is 12.1 Å². The summed E-state index contributed by atoms with van der Waals surface area (Å²) < 4.78 is 5.50. The average Bonchev–Trinajstić information content (AvgIpc) is 2.30. The number of amides is 1. The molecule has 0 N–H and O–H groups in total. The molecule has 0 fully saturated rings. The van der Waals surface area contributed by atoms with Gasteiger partial charge in [0.15, 0.2) is 0 Å². The lowest BCUT2D eigenvalue weighted by Gasteiger charge is -2.36. The van der Waals surface area contributed by atoms with E-state index in [1.165, 1.54) is 22.3 Å². The molecule has 2 rings (SSSR count). The van der Waals surface area contributed by atoms with E-state index in [0.717, 1.165) is 13.0 Å². The molecule has 1 aromatic carbocycles. The molecule has 0 aliphatic carbocycles. The van der Waals surface area contributed by atoms with Crippen molar-refractivity contribution in [2.45, 2.75) is 59.6 Å². The largest absolute Gasteiger partial charge is 0.444 e. The van der Waals surface area contributed by atoms with Crippen molar-refractivity contribution < 1.29 is 9.53 Å². The first-order chi connectivity index (χ1) is 9.19. The van der Waals surface area contributed by atoms with Gasteiger partial charge in [0.05, 0.1) is 6.04 Å². The predicted molar refractivity (Wildman–Crippen MR) is 81.0 cm³/mol. The fraction of sp³-hybridized carbons (Fsp3) is 0.588. The molecule has 0 spiro atoms. The lowest BCUT2D eigenvalue weighted by atomic mass is 9.90. The van der Waals surface area contributed by atoms with E-state index in [2.05, 4.69) is 32.9 Å². The standard InChI is InChI=1S/C17H25NO2/c1-11-9-14-7-8-18(16(19)20-17(4,5)6)13(3)15(14)10-12(11)2/h9-10,13H,7-8H2,1-6H3. The van der Waals surface area contributed by atoms with Gasteiger partial charge in [-0.1, -0.05) is 12.1 Å². The Balaban J connectivity index is 2.25. The molecule has 0 aromatic heterocycles. The SMILES string of the molecule is Cc1cc2c(cc1C)C(C)N(C(=O)OC(C)(C)C)CC2. The normalized spacial score (nSPS) is 18.7. The third kappa shape index (κ3) is 2.97. The van der Waals surface area contributed by atoms with Gasteiger partial charge in [-0.3, -0.25) is 0 Å². The molecule has 20 heavy (non-hydrogen) atoms. The molecule has 0 saturated heterocycles. The molecular weight excluding hydrogens is 250 g/mol. The van der Waals surface area contributed by atoms with Crippen molar-refractivity contribution in [2.24, 2.45) is 0 Å². The van der Waals surface area contributed by atoms with Crippen molar-refractivity contribution in [3.8, 4) is 0 Å². The van der Waals surface area contributed by atoms with Crippen molar-refractivity contribution >= 4 is 6.09 Å². The fourth-order valence-corrected chi connectivity index (χ4v) is 2.68. The van der Waals surface area contributed by atoms with Crippen LogP contribution in [0.3, 0.4) is 0 Å². The molecule has 1 atom stereocenters. The zero-order valence-electron chi connectivity index (χ0n) is 13.4. The summed E-state index contributed by atoms with van der Waals surface area (Å²) in [5, 5.41) is 0. The third-order valence-electron chi connectivity index (χ3n) is 3.92. The second-order valence-corrected chi connectivity index (χ2v) is 6.73. The molecule has 1 heterocycles. The summed E-state index contributed by atoms with van der Waals surface area (Å²) in [5.41, 5.74) is 4.77. The Morgan fingerprint density at radius 1 is 1.25 bits per heavy atom. The summed E-state index contributed by atoms with van der Waals surface area (Å²) in [6.45, 7) is 12.8. The predicted octanol–water partition coefficient (Wildman–Crippen LogP) is 4.16. The molecule has 1 unspecified atom stereocenters. The van der Waals surface area contributed by atoms with E-state index in [4.69, 9.17) is 4.74 Å². The second-order valence-electron chi connectivity index (χ2n) is 6.73. The topological polar surface area (TPSA) is 29.5 Å². The summed E-state index contributed by atoms with van der Waals surface area (Å²) in [6, 6.07) is 4.55. The first-order valence-corrected chi connectivity index (χ1v) is 7.28. The van der Waals surface area contributed by atoms with Gasteiger partial charge < -0.3 is 9.64 Å². The van der Waals surface area contributed by atoms with Gasteiger partial charge in [0.2, 0.25) is 0 Å². The molecule has 1 amide bonds. The van der Waals surface area contributed by atoms with Crippen molar-refractivity contribution in [3.63, 3.8) is 0 Å². The fourth-order valence-electron chi connectivity index (χ4n) is 2.68. The zero-order chi connectivity index (χ0) is 15.1. The molecule has 1 aliphatic rings. The highest BCUT2D eigenvalue weighted by atomic mass is 16.6. The lowest BCUT2D eigenvalue weighted by Crippen LogP contribution is -2.42. The van der Waals surface area contributed by atoms with E-state index < -0.39 is 5.60 Å². The Kier molecular flexibility index (Phi) is 3.81. The Labute approximate surface area is 121 Å². The Hall–Kier alpha value is -1.51. The Morgan fingerprint density at radius 2 is 1.85 bits per heavy atom. The number of carbonyl (C=O) groups is 1. The van der Waals surface area contributed by atoms with Gasteiger partial charge in [-0.2, -0.15) is 0 Å². The average molecular weight is 275 g/mol. The monoisotopic (exact) mass is 275 g/mol. The maximum atomic E-state index is 12.3. The smallest absolute Gasteiger partial charge is 0.410 e. The summed E-state index contributed by atoms with van der Waals surface area (Å²) in [6.07, 6.45) is 0.689. The number of carbonyl (C=O) groups excluding carboxylic acids is 1. The van der Waals surface area contributed by atoms with Gasteiger partial charge >= 0.3 is 6.09 Å². The number of hydrogen-bond acceptors (Lipinski definition) is 2. The molecule has 0 bridgehead atoms. The van der Waals surface area contributed by atoms with Gasteiger partial charge in [-0.25, -0.2) is 4.79 Å². The summed E-state index contributed by atoms with van der Waals surface area (Å²) in [7, 11) is 0. The third-order valence-corrected chi connectivity index (χ3v) is 3.92. The van der Waals surface area contributed by atoms with Crippen LogP contribution in [0.5, 0.6) is 0 Å². The van der Waals surface area contributed by atoms with Gasteiger partial charge in [-0.15, -0.1) is 0 Å². The molecule has 0 radical (unpaired) electrons. The van der Waals surface area contributed by atoms with Crippen LogP contribution < -0.4 is 0 Å². The van der Waals surface area contributed by atoms with Crippen LogP contribution in [-0.2, 0) is 11.2 Å². The molecule has 3 heteroatoms. The number of fused-ring (bicyclic) bond motifs is 1. The molecule has 1 aromatic rings. The minimum Gasteiger partial charge on any atom is -0.444 e. The number of nitrogens with zero attached hydrogens (tertiary/aromatic N) is 1. The molecule has 3 nitrogen and oxygen atoms in total. The lowest BCUT2D eigenvalue weighted by molar-refractivity contribution is 0.0159. The van der Waals surface area contributed by atoms with E-state index in [1.54, 1.807) is 0 Å². The molecule has 110 valence electrons. The number of rotatable bonds is 0. The van der Waals surface area contributed by atoms with E-state index in [9.17, 15) is 4.79 Å². The van der Waals surface area contributed by atoms with E-state index >= 15 is 0 Å². The number of ether oxygens (including phenoxy) is 1. The Morgan fingerprint density at radius 3 is 2.45 bits per heavy atom. The van der Waals surface area contributed by atoms with Crippen LogP contribution in [-0.4, -0.2) is 23.1 Å². The number of hydrogen-bond donors (Lipinski definition) is 0. The van der Waals surface area contributed by atoms with Crippen LogP contribution in [0.2, 0.25) is 0 Å². The minimum atomic E-state index is -0.444. The van der Waals surface area contributed by atoms with E-state index in [-0.39, 0.29) is 12.1 Å². The first-order valence-electron chi connectivity index (χ1n) is 7.28. The maximum Gasteiger partial charge on any atom is 0.410 e. The van der Waals surface area contributed by atoms with Crippen molar-refractivity contribution in [1.82, 2.24) is 4.90 Å². The van der Waals surface area contributed by atoms with Gasteiger partial charge in [0.1, 0.15) is 5.60 Å². The van der Waals surface area contributed by atoms with Crippen molar-refractivity contribution in [3.05, 3.63) is 34.4 Å². The molecular formula is C17H25NO2. The van der Waals surface area contributed by atoms with E-state index in [1.807, 2.05) is 25.7 Å². The van der Waals surface area contributed by atoms with Crippen LogP contribution in [0.25, 0.3) is 0 Å². The molecule has 1 aliphatic heterocycles. The Bertz CT molecular complexity index is 529. The highest BCUT2D eigenvalue weighted by Crippen LogP contribution is 2.32. The van der Waals surface area contributed by atoms with Crippen LogP contribution in [0.1, 0.15) is 56.0 Å². The number of benzene rings is 1. The van der Waals surface area contributed by atoms with Gasteiger partial charge in [0, 0.05) is 6.54 Å². The summed E-state index contributed by atoms with van der Waals surface area (Å²) in [4.78, 5) is 14.1. The van der Waals surface area contributed by atoms with Crippen LogP contribution in [0.4, 0.5) is 4.79 Å². The summed E-state index contributed by atoms with van der Waals surface area (Å²) >= 11 is 0. The van der Waals surface area contributed by atoms with Crippen molar-refractivity contribution in [1.29, 1.82) is 0 Å². The summed E-state index contributed by atoms with van der Waals surface area (Å²) in [5.74, 6) is 0.